The largest absolute Gasteiger partial charge is 0.453 e. The zero-order valence-corrected chi connectivity index (χ0v) is 21.5. The van der Waals surface area contributed by atoms with E-state index in [0.29, 0.717) is 40.0 Å². The normalized spacial score (nSPS) is 15.6. The maximum atomic E-state index is 14.8. The highest BCUT2D eigenvalue weighted by molar-refractivity contribution is 7.21. The second kappa shape index (κ2) is 12.2. The first-order chi connectivity index (χ1) is 17.9. The number of fused-ring (bicyclic) bond motifs is 1. The van der Waals surface area contributed by atoms with Gasteiger partial charge in [0.25, 0.3) is 5.91 Å². The number of benzene rings is 1. The number of amides is 1. The lowest BCUT2D eigenvalue weighted by Crippen LogP contribution is -2.37. The number of nitrogens with zero attached hydrogens (tertiary/aromatic N) is 2. The predicted molar refractivity (Wildman–Crippen MR) is 136 cm³/mol. The van der Waals surface area contributed by atoms with E-state index in [1.54, 1.807) is 30.5 Å². The van der Waals surface area contributed by atoms with Crippen LogP contribution in [0.4, 0.5) is 4.39 Å². The molecule has 194 valence electrons. The van der Waals surface area contributed by atoms with Crippen molar-refractivity contribution < 1.29 is 28.3 Å². The molecule has 5 rings (SSSR count). The van der Waals surface area contributed by atoms with E-state index < -0.39 is 5.82 Å². The highest BCUT2D eigenvalue weighted by Crippen LogP contribution is 2.37. The van der Waals surface area contributed by atoms with Crippen LogP contribution in [0.5, 0.6) is 11.5 Å². The summed E-state index contributed by atoms with van der Waals surface area (Å²) >= 11 is 1.33. The van der Waals surface area contributed by atoms with Crippen LogP contribution in [0.1, 0.15) is 60.7 Å². The third kappa shape index (κ3) is 6.87. The van der Waals surface area contributed by atoms with Gasteiger partial charge in [0.2, 0.25) is 0 Å². The third-order valence-electron chi connectivity index (χ3n) is 6.90. The van der Waals surface area contributed by atoms with Crippen molar-refractivity contribution in [3.05, 3.63) is 52.8 Å². The van der Waals surface area contributed by atoms with Crippen LogP contribution >= 0.6 is 11.3 Å². The number of likely N-dealkylation sites (tertiary alicyclic amines) is 1. The molecule has 0 bridgehead atoms. The molecule has 0 atom stereocenters. The zero-order valence-electron chi connectivity index (χ0n) is 20.7. The summed E-state index contributed by atoms with van der Waals surface area (Å²) in [7, 11) is 0. The second-order valence-electron chi connectivity index (χ2n) is 9.59. The van der Waals surface area contributed by atoms with Gasteiger partial charge in [0.15, 0.2) is 11.6 Å². The molecular formula is C28H29FN2O5S. The number of hydrogen-bond acceptors (Lipinski definition) is 7. The molecular weight excluding hydrogens is 495 g/mol. The van der Waals surface area contributed by atoms with Gasteiger partial charge in [-0.3, -0.25) is 14.6 Å². The molecule has 1 aliphatic heterocycles. The van der Waals surface area contributed by atoms with Gasteiger partial charge in [0.1, 0.15) is 11.5 Å². The number of hydrogen-bond donors (Lipinski definition) is 0. The number of carbonyl (C=O) groups excluding carboxylic acids is 4. The Morgan fingerprint density at radius 3 is 2.46 bits per heavy atom. The molecule has 2 aromatic heterocycles. The van der Waals surface area contributed by atoms with Crippen LogP contribution in [0.25, 0.3) is 10.2 Å². The van der Waals surface area contributed by atoms with E-state index in [0.717, 1.165) is 49.9 Å². The number of rotatable bonds is 8. The smallest absolute Gasteiger partial charge is 0.373 e. The molecule has 0 spiro atoms. The van der Waals surface area contributed by atoms with Gasteiger partial charge >= 0.3 is 6.15 Å². The first-order valence-electron chi connectivity index (χ1n) is 12.6. The van der Waals surface area contributed by atoms with Gasteiger partial charge < -0.3 is 9.64 Å². The van der Waals surface area contributed by atoms with Gasteiger partial charge in [-0.2, -0.15) is 9.59 Å². The summed E-state index contributed by atoms with van der Waals surface area (Å²) in [6.07, 6.45) is 8.19. The fourth-order valence-electron chi connectivity index (χ4n) is 4.60. The summed E-state index contributed by atoms with van der Waals surface area (Å²) in [5.41, 5.74) is 1.32. The first-order valence-corrected chi connectivity index (χ1v) is 13.4. The number of halogens is 1. The van der Waals surface area contributed by atoms with Crippen LogP contribution in [0, 0.1) is 17.7 Å². The summed E-state index contributed by atoms with van der Waals surface area (Å²) in [4.78, 5) is 48.3. The molecule has 37 heavy (non-hydrogen) atoms. The maximum Gasteiger partial charge on any atom is 0.373 e. The minimum atomic E-state index is -0.506. The monoisotopic (exact) mass is 524 g/mol. The average Bonchev–Trinajstić information content (AvgIpc) is 3.59. The van der Waals surface area contributed by atoms with Crippen molar-refractivity contribution in [2.45, 2.75) is 51.9 Å². The van der Waals surface area contributed by atoms with Gasteiger partial charge in [-0.1, -0.05) is 19.4 Å². The second-order valence-corrected chi connectivity index (χ2v) is 10.6. The van der Waals surface area contributed by atoms with Gasteiger partial charge in [-0.25, -0.2) is 4.39 Å². The Hall–Kier alpha value is -3.42. The summed E-state index contributed by atoms with van der Waals surface area (Å²) in [6.45, 7) is 3.76. The molecule has 1 aliphatic carbocycles. The van der Waals surface area contributed by atoms with E-state index in [1.165, 1.54) is 17.4 Å². The summed E-state index contributed by atoms with van der Waals surface area (Å²) in [5, 5.41) is 0. The van der Waals surface area contributed by atoms with Crippen molar-refractivity contribution in [3.8, 4) is 11.5 Å². The molecule has 1 amide bonds. The highest BCUT2D eigenvalue weighted by Gasteiger charge is 2.26. The average molecular weight is 525 g/mol. The summed E-state index contributed by atoms with van der Waals surface area (Å²) in [5.74, 6) is 1.46. The number of pyridine rings is 1. The lowest BCUT2D eigenvalue weighted by Gasteiger charge is -2.31. The number of piperidine rings is 1. The van der Waals surface area contributed by atoms with E-state index >= 15 is 0 Å². The molecule has 0 radical (unpaired) electrons. The highest BCUT2D eigenvalue weighted by atomic mass is 32.1. The first kappa shape index (κ1) is 26.6. The van der Waals surface area contributed by atoms with Gasteiger partial charge in [0, 0.05) is 38.2 Å². The van der Waals surface area contributed by atoms with Crippen LogP contribution < -0.4 is 4.74 Å². The van der Waals surface area contributed by atoms with Crippen LogP contribution in [-0.4, -0.2) is 40.8 Å². The molecule has 7 nitrogen and oxygen atoms in total. The lowest BCUT2D eigenvalue weighted by atomic mass is 9.94. The van der Waals surface area contributed by atoms with Crippen molar-refractivity contribution in [1.82, 2.24) is 9.88 Å². The standard InChI is InChI=1S/C27H29FN2O3S.CO2/c1-2-17-8-11-30(12-9-17)27(32)25-16-22-26(34-25)24(7-10-29-22)33-23-6-5-19(15-21(23)28)14-20(31)13-18-3-4-18;2-1-3/h5-7,10,15-18H,2-4,8-9,11-14H2,1H3;. The topological polar surface area (TPSA) is 93.6 Å². The third-order valence-corrected chi connectivity index (χ3v) is 8.02. The fourth-order valence-corrected chi connectivity index (χ4v) is 5.63. The number of Topliss-reactive ketones (excluding diaryl/α,β-unsaturated/α-hetero) is 1. The number of carbonyl (C=O) groups is 2. The van der Waals surface area contributed by atoms with Gasteiger partial charge in [0.05, 0.1) is 15.1 Å². The van der Waals surface area contributed by atoms with E-state index in [9.17, 15) is 14.0 Å². The number of ketones is 1. The van der Waals surface area contributed by atoms with E-state index in [4.69, 9.17) is 14.3 Å². The zero-order chi connectivity index (χ0) is 26.4. The Bertz CT molecular complexity index is 1310. The van der Waals surface area contributed by atoms with Crippen molar-refractivity contribution in [2.75, 3.05) is 13.1 Å². The molecule has 2 aliphatic rings. The predicted octanol–water partition coefficient (Wildman–Crippen LogP) is 5.82. The Kier molecular flexibility index (Phi) is 8.79. The molecule has 1 aromatic carbocycles. The van der Waals surface area contributed by atoms with Crippen molar-refractivity contribution >= 4 is 39.4 Å². The lowest BCUT2D eigenvalue weighted by molar-refractivity contribution is -0.191. The Labute approximate surface area is 218 Å². The van der Waals surface area contributed by atoms with Crippen LogP contribution in [0.3, 0.4) is 0 Å². The van der Waals surface area contributed by atoms with E-state index in [2.05, 4.69) is 11.9 Å². The van der Waals surface area contributed by atoms with E-state index in [1.807, 2.05) is 4.90 Å². The Morgan fingerprint density at radius 1 is 1.08 bits per heavy atom. The molecule has 1 saturated heterocycles. The quantitative estimate of drug-likeness (QED) is 0.369. The number of aromatic nitrogens is 1. The number of thiophene rings is 1. The van der Waals surface area contributed by atoms with Crippen LogP contribution in [0.2, 0.25) is 0 Å². The fraction of sp³-hybridized carbons (Fsp3) is 0.429. The minimum absolute atomic E-state index is 0.0231. The minimum Gasteiger partial charge on any atom is -0.453 e. The summed E-state index contributed by atoms with van der Waals surface area (Å²) < 4.78 is 21.4. The van der Waals surface area contributed by atoms with E-state index in [-0.39, 0.29) is 30.0 Å². The van der Waals surface area contributed by atoms with Crippen LogP contribution in [-0.2, 0) is 20.8 Å². The van der Waals surface area contributed by atoms with Gasteiger partial charge in [-0.05, 0) is 61.3 Å². The molecule has 9 heteroatoms. The SMILES string of the molecule is CCC1CCN(C(=O)c2cc3nccc(Oc4ccc(CC(=O)CC5CC5)cc4F)c3s2)CC1.O=C=O. The van der Waals surface area contributed by atoms with Crippen molar-refractivity contribution in [2.24, 2.45) is 11.8 Å². The molecule has 1 saturated carbocycles. The molecule has 0 unspecified atom stereocenters. The molecule has 3 heterocycles. The van der Waals surface area contributed by atoms with Crippen molar-refractivity contribution in [1.29, 1.82) is 0 Å². The maximum absolute atomic E-state index is 14.8. The van der Waals surface area contributed by atoms with Crippen LogP contribution in [0.15, 0.2) is 36.5 Å². The van der Waals surface area contributed by atoms with Crippen molar-refractivity contribution in [3.63, 3.8) is 0 Å². The molecule has 2 fully saturated rings. The Morgan fingerprint density at radius 2 is 1.81 bits per heavy atom. The molecule has 3 aromatic rings. The number of ether oxygens (including phenoxy) is 1. The Balaban J connectivity index is 0.00000102. The summed E-state index contributed by atoms with van der Waals surface area (Å²) in [6, 6.07) is 8.17. The van der Waals surface area contributed by atoms with Gasteiger partial charge in [-0.15, -0.1) is 11.3 Å². The molecule has 0 N–H and O–H groups in total.